The number of carbonyl (C=O) groups excluding carboxylic acids is 2. The number of rotatable bonds is 6. The number of nitrogens with one attached hydrogen (secondary N) is 2. The van der Waals surface area contributed by atoms with Crippen molar-refractivity contribution in [2.75, 3.05) is 50.0 Å². The van der Waals surface area contributed by atoms with Gasteiger partial charge in [-0.15, -0.1) is 0 Å². The molecule has 2 atom stereocenters. The molecule has 3 aliphatic heterocycles. The molecule has 4 N–H and O–H groups in total. The smallest absolute Gasteiger partial charge is 0.320 e. The second-order valence-electron chi connectivity index (χ2n) is 10.8. The molecule has 0 spiro atoms. The van der Waals surface area contributed by atoms with E-state index in [9.17, 15) is 9.59 Å². The van der Waals surface area contributed by atoms with Gasteiger partial charge in [0.1, 0.15) is 5.82 Å². The van der Waals surface area contributed by atoms with Gasteiger partial charge in [-0.25, -0.2) is 14.8 Å². The van der Waals surface area contributed by atoms with E-state index in [2.05, 4.69) is 46.5 Å². The van der Waals surface area contributed by atoms with Crippen molar-refractivity contribution in [3.8, 4) is 0 Å². The molecule has 0 radical (unpaired) electrons. The SMILES string of the molecule is C[C@@H]1[C@H](N2CCN(C)C2=O)CCCN1c1cnc(C(N)=O)c(Nc2ccc(C3(C)CCNCC3)cc2)n1. The van der Waals surface area contributed by atoms with Gasteiger partial charge < -0.3 is 31.1 Å². The van der Waals surface area contributed by atoms with Gasteiger partial charge in [-0.1, -0.05) is 19.1 Å². The van der Waals surface area contributed by atoms with Crippen LogP contribution in [0.15, 0.2) is 30.5 Å². The Balaban J connectivity index is 1.37. The molecule has 10 heteroatoms. The van der Waals surface area contributed by atoms with E-state index >= 15 is 0 Å². The van der Waals surface area contributed by atoms with E-state index in [1.54, 1.807) is 11.1 Å². The average Bonchev–Trinajstić information content (AvgIpc) is 3.22. The predicted molar refractivity (Wildman–Crippen MR) is 144 cm³/mol. The third-order valence-electron chi connectivity index (χ3n) is 8.44. The zero-order chi connectivity index (χ0) is 26.2. The fourth-order valence-corrected chi connectivity index (χ4v) is 5.98. The minimum absolute atomic E-state index is 0.0655. The van der Waals surface area contributed by atoms with Crippen LogP contribution >= 0.6 is 0 Å². The van der Waals surface area contributed by atoms with E-state index in [1.807, 2.05) is 24.1 Å². The van der Waals surface area contributed by atoms with Gasteiger partial charge >= 0.3 is 6.03 Å². The minimum Gasteiger partial charge on any atom is -0.364 e. The van der Waals surface area contributed by atoms with Crippen LogP contribution in [0.25, 0.3) is 0 Å². The maximum atomic E-state index is 12.7. The van der Waals surface area contributed by atoms with E-state index in [1.165, 1.54) is 5.56 Å². The lowest BCUT2D eigenvalue weighted by molar-refractivity contribution is 0.0996. The average molecular weight is 507 g/mol. The standard InChI is InChI=1S/C27H38N8O2/c1-18-21(35-16-15-33(3)26(35)37)5-4-14-34(18)22-17-30-23(24(28)36)25(32-22)31-20-8-6-19(7-9-20)27(2)10-12-29-13-11-27/h6-9,17-18,21,29H,4-5,10-16H2,1-3H3,(H2,28,36)(H,31,32)/t18-,21-/m1/s1. The number of nitrogens with zero attached hydrogens (tertiary/aromatic N) is 5. The van der Waals surface area contributed by atoms with Gasteiger partial charge in [0, 0.05) is 38.4 Å². The number of likely N-dealkylation sites (N-methyl/N-ethyl adjacent to an activating group) is 1. The summed E-state index contributed by atoms with van der Waals surface area (Å²) in [5.41, 5.74) is 8.05. The predicted octanol–water partition coefficient (Wildman–Crippen LogP) is 2.68. The highest BCUT2D eigenvalue weighted by atomic mass is 16.2. The quantitative estimate of drug-likeness (QED) is 0.551. The van der Waals surface area contributed by atoms with Crippen molar-refractivity contribution >= 4 is 29.3 Å². The molecule has 0 unspecified atom stereocenters. The van der Waals surface area contributed by atoms with Crippen LogP contribution in [-0.2, 0) is 5.41 Å². The minimum atomic E-state index is -0.629. The molecular formula is C27H38N8O2. The zero-order valence-corrected chi connectivity index (χ0v) is 22.0. The molecular weight excluding hydrogens is 468 g/mol. The van der Waals surface area contributed by atoms with Gasteiger partial charge in [0.15, 0.2) is 11.5 Å². The number of benzene rings is 1. The summed E-state index contributed by atoms with van der Waals surface area (Å²) in [4.78, 5) is 40.0. The molecule has 3 fully saturated rings. The molecule has 5 rings (SSSR count). The van der Waals surface area contributed by atoms with Gasteiger partial charge in [-0.3, -0.25) is 4.79 Å². The Kier molecular flexibility index (Phi) is 6.94. The van der Waals surface area contributed by atoms with E-state index in [0.717, 1.165) is 64.1 Å². The summed E-state index contributed by atoms with van der Waals surface area (Å²) in [7, 11) is 1.85. The molecule has 0 saturated carbocycles. The number of hydrogen-bond donors (Lipinski definition) is 3. The van der Waals surface area contributed by atoms with Crippen LogP contribution in [0, 0.1) is 0 Å². The van der Waals surface area contributed by atoms with Crippen molar-refractivity contribution in [3.63, 3.8) is 0 Å². The van der Waals surface area contributed by atoms with E-state index in [0.29, 0.717) is 11.6 Å². The van der Waals surface area contributed by atoms with Crippen LogP contribution in [0.5, 0.6) is 0 Å². The largest absolute Gasteiger partial charge is 0.364 e. The third kappa shape index (κ3) is 4.94. The van der Waals surface area contributed by atoms with Gasteiger partial charge in [0.2, 0.25) is 0 Å². The number of amides is 3. The Morgan fingerprint density at radius 1 is 1.14 bits per heavy atom. The summed E-state index contributed by atoms with van der Waals surface area (Å²) in [6.07, 6.45) is 5.72. The van der Waals surface area contributed by atoms with Crippen LogP contribution in [-0.4, -0.2) is 83.6 Å². The van der Waals surface area contributed by atoms with Crippen molar-refractivity contribution in [2.45, 2.75) is 57.0 Å². The Labute approximate surface area is 218 Å². The number of anilines is 3. The summed E-state index contributed by atoms with van der Waals surface area (Å²) < 4.78 is 0. The highest BCUT2D eigenvalue weighted by molar-refractivity contribution is 5.96. The number of aromatic nitrogens is 2. The lowest BCUT2D eigenvalue weighted by atomic mass is 9.75. The number of urea groups is 1. The Morgan fingerprint density at radius 3 is 2.51 bits per heavy atom. The highest BCUT2D eigenvalue weighted by Crippen LogP contribution is 2.34. The second kappa shape index (κ2) is 10.2. The molecule has 198 valence electrons. The fourth-order valence-electron chi connectivity index (χ4n) is 5.98. The Bertz CT molecular complexity index is 1150. The van der Waals surface area contributed by atoms with E-state index < -0.39 is 5.91 Å². The van der Waals surface area contributed by atoms with Crippen molar-refractivity contribution in [3.05, 3.63) is 41.7 Å². The monoisotopic (exact) mass is 506 g/mol. The molecule has 10 nitrogen and oxygen atoms in total. The normalized spacial score (nSPS) is 23.9. The maximum absolute atomic E-state index is 12.7. The number of piperidine rings is 2. The molecule has 37 heavy (non-hydrogen) atoms. The molecule has 0 aliphatic carbocycles. The lowest BCUT2D eigenvalue weighted by Gasteiger charge is -2.43. The van der Waals surface area contributed by atoms with Gasteiger partial charge in [-0.05, 0) is 68.8 Å². The summed E-state index contributed by atoms with van der Waals surface area (Å²) >= 11 is 0. The van der Waals surface area contributed by atoms with Crippen molar-refractivity contribution in [1.82, 2.24) is 25.1 Å². The summed E-state index contributed by atoms with van der Waals surface area (Å²) in [6.45, 7) is 8.80. The molecule has 4 heterocycles. The first kappa shape index (κ1) is 25.3. The topological polar surface area (TPSA) is 120 Å². The van der Waals surface area contributed by atoms with Crippen molar-refractivity contribution in [1.29, 1.82) is 0 Å². The number of nitrogens with two attached hydrogens (primary N) is 1. The van der Waals surface area contributed by atoms with Gasteiger partial charge in [0.05, 0.1) is 12.2 Å². The van der Waals surface area contributed by atoms with Crippen molar-refractivity contribution < 1.29 is 9.59 Å². The fraction of sp³-hybridized carbons (Fsp3) is 0.556. The first-order valence-electron chi connectivity index (χ1n) is 13.3. The zero-order valence-electron chi connectivity index (χ0n) is 22.0. The van der Waals surface area contributed by atoms with Crippen LogP contribution in [0.3, 0.4) is 0 Å². The Morgan fingerprint density at radius 2 is 1.86 bits per heavy atom. The number of hydrogen-bond acceptors (Lipinski definition) is 7. The maximum Gasteiger partial charge on any atom is 0.320 e. The summed E-state index contributed by atoms with van der Waals surface area (Å²) in [5.74, 6) is 0.385. The highest BCUT2D eigenvalue weighted by Gasteiger charge is 2.39. The molecule has 3 saturated heterocycles. The summed E-state index contributed by atoms with van der Waals surface area (Å²) in [6, 6.07) is 8.60. The van der Waals surface area contributed by atoms with E-state index in [4.69, 9.17) is 10.7 Å². The van der Waals surface area contributed by atoms with Crippen molar-refractivity contribution in [2.24, 2.45) is 5.73 Å². The third-order valence-corrected chi connectivity index (χ3v) is 8.44. The number of primary amides is 1. The van der Waals surface area contributed by atoms with Crippen LogP contribution in [0.2, 0.25) is 0 Å². The molecule has 1 aromatic heterocycles. The first-order valence-corrected chi connectivity index (χ1v) is 13.3. The van der Waals surface area contributed by atoms with Crippen LogP contribution < -0.4 is 21.3 Å². The van der Waals surface area contributed by atoms with Crippen LogP contribution in [0.1, 0.15) is 55.6 Å². The second-order valence-corrected chi connectivity index (χ2v) is 10.8. The molecule has 1 aromatic carbocycles. The van der Waals surface area contributed by atoms with Gasteiger partial charge in [-0.2, -0.15) is 0 Å². The molecule has 2 aromatic rings. The molecule has 0 bridgehead atoms. The summed E-state index contributed by atoms with van der Waals surface area (Å²) in [5, 5.41) is 6.72. The van der Waals surface area contributed by atoms with Crippen LogP contribution in [0.4, 0.5) is 22.1 Å². The number of carbonyl (C=O) groups is 2. The van der Waals surface area contributed by atoms with E-state index in [-0.39, 0.29) is 29.2 Å². The first-order chi connectivity index (χ1) is 17.8. The Hall–Kier alpha value is -3.40. The lowest BCUT2D eigenvalue weighted by Crippen LogP contribution is -2.55. The molecule has 3 amide bonds. The van der Waals surface area contributed by atoms with Gasteiger partial charge in [0.25, 0.3) is 5.91 Å². The molecule has 3 aliphatic rings.